The smallest absolute Gasteiger partial charge is 0.365 e. The van der Waals surface area contributed by atoms with Gasteiger partial charge in [-0.05, 0) is 12.0 Å². The van der Waals surface area contributed by atoms with E-state index >= 15 is 0 Å². The molecule has 0 aliphatic heterocycles. The number of carbonyl (C=O) groups is 1. The number of hydrogen-bond donors (Lipinski definition) is 1. The highest BCUT2D eigenvalue weighted by atomic mass is 16.5. The molecule has 0 saturated heterocycles. The van der Waals surface area contributed by atoms with Crippen molar-refractivity contribution in [1.29, 1.82) is 0 Å². The SMILES string of the molecule is CCCCCCCCCCCCOC(=O)C([NH3+])Cc1ccccc1. The fourth-order valence-corrected chi connectivity index (χ4v) is 2.86. The van der Waals surface area contributed by atoms with Crippen molar-refractivity contribution >= 4 is 5.97 Å². The van der Waals surface area contributed by atoms with Crippen LogP contribution in [0.4, 0.5) is 0 Å². The van der Waals surface area contributed by atoms with Gasteiger partial charge in [-0.3, -0.25) is 0 Å². The normalized spacial score (nSPS) is 12.1. The molecular weight excluding hydrogens is 298 g/mol. The molecule has 0 saturated carbocycles. The quantitative estimate of drug-likeness (QED) is 0.407. The first-order chi connectivity index (χ1) is 11.7. The van der Waals surface area contributed by atoms with Crippen molar-refractivity contribution in [2.24, 2.45) is 0 Å². The van der Waals surface area contributed by atoms with Gasteiger partial charge in [0.2, 0.25) is 0 Å². The molecule has 0 aliphatic rings. The van der Waals surface area contributed by atoms with Gasteiger partial charge in [-0.25, -0.2) is 4.79 Å². The van der Waals surface area contributed by atoms with Gasteiger partial charge in [-0.2, -0.15) is 0 Å². The van der Waals surface area contributed by atoms with Crippen molar-refractivity contribution in [3.05, 3.63) is 35.9 Å². The Morgan fingerprint density at radius 2 is 1.46 bits per heavy atom. The van der Waals surface area contributed by atoms with E-state index in [0.717, 1.165) is 18.4 Å². The Hall–Kier alpha value is -1.35. The molecular formula is C21H36NO2+. The number of quaternary nitrogens is 1. The lowest BCUT2D eigenvalue weighted by molar-refractivity contribution is -0.407. The first kappa shape index (κ1) is 20.7. The number of unbranched alkanes of at least 4 members (excludes halogenated alkanes) is 9. The van der Waals surface area contributed by atoms with Crippen LogP contribution in [0.15, 0.2) is 30.3 Å². The minimum Gasteiger partial charge on any atom is -0.461 e. The second-order valence-electron chi connectivity index (χ2n) is 6.74. The average Bonchev–Trinajstić information content (AvgIpc) is 2.60. The van der Waals surface area contributed by atoms with E-state index in [1.54, 1.807) is 0 Å². The summed E-state index contributed by atoms with van der Waals surface area (Å²) in [4.78, 5) is 11.9. The molecule has 0 amide bonds. The molecule has 1 aromatic carbocycles. The predicted octanol–water partition coefficient (Wildman–Crippen LogP) is 4.30. The van der Waals surface area contributed by atoms with Crippen molar-refractivity contribution in [1.82, 2.24) is 0 Å². The molecule has 0 radical (unpaired) electrons. The van der Waals surface area contributed by atoms with Crippen LogP contribution in [-0.2, 0) is 16.0 Å². The molecule has 136 valence electrons. The predicted molar refractivity (Wildman–Crippen MR) is 99.6 cm³/mol. The Morgan fingerprint density at radius 1 is 0.917 bits per heavy atom. The zero-order valence-electron chi connectivity index (χ0n) is 15.5. The molecule has 0 heterocycles. The molecule has 0 spiro atoms. The maximum Gasteiger partial charge on any atom is 0.365 e. The van der Waals surface area contributed by atoms with Crippen molar-refractivity contribution in [3.63, 3.8) is 0 Å². The standard InChI is InChI=1S/C21H35NO2/c1-2-3-4-5-6-7-8-9-10-14-17-24-21(23)20(22)18-19-15-12-11-13-16-19/h11-13,15-16,20H,2-10,14,17-18,22H2,1H3/p+1. The second kappa shape index (κ2) is 14.0. The second-order valence-corrected chi connectivity index (χ2v) is 6.74. The maximum atomic E-state index is 11.9. The molecule has 1 unspecified atom stereocenters. The van der Waals surface area contributed by atoms with Gasteiger partial charge in [-0.1, -0.05) is 95.0 Å². The Bertz CT molecular complexity index is 419. The van der Waals surface area contributed by atoms with Crippen molar-refractivity contribution < 1.29 is 15.3 Å². The molecule has 24 heavy (non-hydrogen) atoms. The highest BCUT2D eigenvalue weighted by Crippen LogP contribution is 2.10. The van der Waals surface area contributed by atoms with Crippen molar-refractivity contribution in [3.8, 4) is 0 Å². The summed E-state index contributed by atoms with van der Waals surface area (Å²) in [6.07, 6.45) is 13.5. The Kier molecular flexibility index (Phi) is 12.1. The molecule has 0 aromatic heterocycles. The van der Waals surface area contributed by atoms with E-state index < -0.39 is 0 Å². The van der Waals surface area contributed by atoms with Crippen LogP contribution in [0.5, 0.6) is 0 Å². The summed E-state index contributed by atoms with van der Waals surface area (Å²) >= 11 is 0. The molecule has 1 aromatic rings. The lowest BCUT2D eigenvalue weighted by atomic mass is 10.1. The topological polar surface area (TPSA) is 53.9 Å². The monoisotopic (exact) mass is 334 g/mol. The van der Waals surface area contributed by atoms with E-state index in [4.69, 9.17) is 4.74 Å². The van der Waals surface area contributed by atoms with Crippen LogP contribution in [0.25, 0.3) is 0 Å². The lowest BCUT2D eigenvalue weighted by Gasteiger charge is -2.09. The zero-order chi connectivity index (χ0) is 17.5. The van der Waals surface area contributed by atoms with E-state index in [9.17, 15) is 4.79 Å². The van der Waals surface area contributed by atoms with Crippen molar-refractivity contribution in [2.45, 2.75) is 83.6 Å². The first-order valence-corrected chi connectivity index (χ1v) is 9.77. The van der Waals surface area contributed by atoms with Crippen LogP contribution >= 0.6 is 0 Å². The molecule has 0 fully saturated rings. The number of esters is 1. The molecule has 3 nitrogen and oxygen atoms in total. The van der Waals surface area contributed by atoms with Crippen molar-refractivity contribution in [2.75, 3.05) is 6.61 Å². The zero-order valence-corrected chi connectivity index (χ0v) is 15.5. The van der Waals surface area contributed by atoms with E-state index in [-0.39, 0.29) is 12.0 Å². The van der Waals surface area contributed by atoms with Gasteiger partial charge in [-0.15, -0.1) is 0 Å². The summed E-state index contributed by atoms with van der Waals surface area (Å²) in [5.41, 5.74) is 5.06. The highest BCUT2D eigenvalue weighted by molar-refractivity contribution is 5.74. The summed E-state index contributed by atoms with van der Waals surface area (Å²) in [5.74, 6) is -0.172. The van der Waals surface area contributed by atoms with Crippen LogP contribution < -0.4 is 5.73 Å². The minimum absolute atomic E-state index is 0.172. The molecule has 3 N–H and O–H groups in total. The Morgan fingerprint density at radius 3 is 2.04 bits per heavy atom. The largest absolute Gasteiger partial charge is 0.461 e. The summed E-state index contributed by atoms with van der Waals surface area (Å²) < 4.78 is 5.35. The van der Waals surface area contributed by atoms with Gasteiger partial charge >= 0.3 is 5.97 Å². The summed E-state index contributed by atoms with van der Waals surface area (Å²) in [6, 6.07) is 9.68. The molecule has 1 rings (SSSR count). The maximum absolute atomic E-state index is 11.9. The lowest BCUT2D eigenvalue weighted by Crippen LogP contribution is -2.66. The molecule has 0 aliphatic carbocycles. The van der Waals surface area contributed by atoms with Crippen LogP contribution in [0.1, 0.15) is 76.7 Å². The third-order valence-corrected chi connectivity index (χ3v) is 4.40. The number of rotatable bonds is 14. The number of benzene rings is 1. The van der Waals surface area contributed by atoms with Gasteiger partial charge < -0.3 is 10.5 Å². The van der Waals surface area contributed by atoms with Gasteiger partial charge in [0, 0.05) is 6.42 Å². The molecule has 0 bridgehead atoms. The fraction of sp³-hybridized carbons (Fsp3) is 0.667. The third kappa shape index (κ3) is 10.4. The summed E-state index contributed by atoms with van der Waals surface area (Å²) in [7, 11) is 0. The number of carbonyl (C=O) groups excluding carboxylic acids is 1. The Balaban J connectivity index is 1.94. The van der Waals surface area contributed by atoms with Gasteiger partial charge in [0.05, 0.1) is 6.61 Å². The molecule has 1 atom stereocenters. The Labute approximate surface area is 148 Å². The fourth-order valence-electron chi connectivity index (χ4n) is 2.86. The first-order valence-electron chi connectivity index (χ1n) is 9.77. The highest BCUT2D eigenvalue weighted by Gasteiger charge is 2.18. The van der Waals surface area contributed by atoms with Gasteiger partial charge in [0.1, 0.15) is 0 Å². The summed E-state index contributed by atoms with van der Waals surface area (Å²) in [5, 5.41) is 0. The van der Waals surface area contributed by atoms with Crippen LogP contribution in [-0.4, -0.2) is 18.6 Å². The van der Waals surface area contributed by atoms with Gasteiger partial charge in [0.25, 0.3) is 0 Å². The number of ether oxygens (including phenoxy) is 1. The van der Waals surface area contributed by atoms with E-state index in [0.29, 0.717) is 13.0 Å². The number of hydrogen-bond acceptors (Lipinski definition) is 2. The molecule has 3 heteroatoms. The third-order valence-electron chi connectivity index (χ3n) is 4.40. The van der Waals surface area contributed by atoms with E-state index in [2.05, 4.69) is 12.7 Å². The summed E-state index contributed by atoms with van der Waals surface area (Å²) in [6.45, 7) is 2.79. The van der Waals surface area contributed by atoms with Crippen LogP contribution in [0.2, 0.25) is 0 Å². The van der Waals surface area contributed by atoms with E-state index in [1.807, 2.05) is 30.3 Å². The van der Waals surface area contributed by atoms with Gasteiger partial charge in [0.15, 0.2) is 6.04 Å². The minimum atomic E-state index is -0.310. The van der Waals surface area contributed by atoms with E-state index in [1.165, 1.54) is 51.4 Å². The van der Waals surface area contributed by atoms with Crippen LogP contribution in [0, 0.1) is 0 Å². The average molecular weight is 335 g/mol. The van der Waals surface area contributed by atoms with Crippen LogP contribution in [0.3, 0.4) is 0 Å².